The van der Waals surface area contributed by atoms with Gasteiger partial charge in [0.15, 0.2) is 0 Å². The quantitative estimate of drug-likeness (QED) is 0.288. The minimum Gasteiger partial charge on any atom is -0.305 e. The van der Waals surface area contributed by atoms with Crippen LogP contribution in [0.25, 0.3) is 0 Å². The van der Waals surface area contributed by atoms with Crippen LogP contribution >= 0.6 is 0 Å². The molecule has 0 spiro atoms. The highest BCUT2D eigenvalue weighted by atomic mass is 17.7. The van der Waals surface area contributed by atoms with Crippen LogP contribution in [-0.2, 0) is 24.8 Å². The zero-order valence-corrected chi connectivity index (χ0v) is 8.85. The second-order valence-electron chi connectivity index (χ2n) is 3.05. The van der Waals surface area contributed by atoms with Crippen LogP contribution in [0.1, 0.15) is 38.5 Å². The van der Waals surface area contributed by atoms with Gasteiger partial charge in [0.05, 0.1) is 13.2 Å². The van der Waals surface area contributed by atoms with E-state index < -0.39 is 0 Å². The third-order valence-corrected chi connectivity index (χ3v) is 1.86. The molecule has 0 bridgehead atoms. The monoisotopic (exact) mass is 224 g/mol. The molecular weight excluding hydrogens is 204 g/mol. The third kappa shape index (κ3) is 13.7. The van der Waals surface area contributed by atoms with Gasteiger partial charge in [-0.15, -0.1) is 4.99 Å². The van der Waals surface area contributed by atoms with Gasteiger partial charge in [0.1, 0.15) is 0 Å². The molecule has 0 aromatic carbocycles. The van der Waals surface area contributed by atoms with E-state index in [0.717, 1.165) is 32.1 Å². The fraction of sp³-hybridized carbons (Fsp3) is 1.00. The highest BCUT2D eigenvalue weighted by Crippen LogP contribution is 2.05. The molecule has 0 fully saturated rings. The van der Waals surface area contributed by atoms with Crippen molar-refractivity contribution in [3.63, 3.8) is 0 Å². The van der Waals surface area contributed by atoms with E-state index >= 15 is 0 Å². The summed E-state index contributed by atoms with van der Waals surface area (Å²) in [6, 6.07) is 0. The summed E-state index contributed by atoms with van der Waals surface area (Å²) < 4.78 is 0. The first-order chi connectivity index (χ1) is 7.41. The van der Waals surface area contributed by atoms with E-state index in [1.54, 1.807) is 0 Å². The lowest BCUT2D eigenvalue weighted by Gasteiger charge is -2.01. The van der Waals surface area contributed by atoms with Crippen molar-refractivity contribution in [3.05, 3.63) is 0 Å². The standard InChI is InChI=1S/C8H20N2O5/c9-11-7-5-3-1-2-4-6-8-12-14-15-13-10/h1-10H2. The number of hydrogen-bond donors (Lipinski definition) is 2. The van der Waals surface area contributed by atoms with Crippen LogP contribution in [0.3, 0.4) is 0 Å². The van der Waals surface area contributed by atoms with Crippen molar-refractivity contribution in [1.82, 2.24) is 0 Å². The van der Waals surface area contributed by atoms with Crippen LogP contribution in [0.4, 0.5) is 0 Å². The Morgan fingerprint density at radius 1 is 0.667 bits per heavy atom. The molecular formula is C8H20N2O5. The van der Waals surface area contributed by atoms with Gasteiger partial charge in [-0.3, -0.25) is 0 Å². The number of nitrogens with two attached hydrogens (primary N) is 2. The average Bonchev–Trinajstić information content (AvgIpc) is 2.26. The maximum absolute atomic E-state index is 4.89. The second-order valence-corrected chi connectivity index (χ2v) is 3.05. The first kappa shape index (κ1) is 14.7. The van der Waals surface area contributed by atoms with Crippen molar-refractivity contribution < 1.29 is 24.8 Å². The minimum absolute atomic E-state index is 0.454. The lowest BCUT2D eigenvalue weighted by atomic mass is 10.1. The molecule has 0 rings (SSSR count). The Labute approximate surface area is 89.2 Å². The van der Waals surface area contributed by atoms with Crippen molar-refractivity contribution in [3.8, 4) is 0 Å². The fourth-order valence-electron chi connectivity index (χ4n) is 1.12. The maximum Gasteiger partial charge on any atom is 0.0855 e. The van der Waals surface area contributed by atoms with Crippen LogP contribution in [0.5, 0.6) is 0 Å². The van der Waals surface area contributed by atoms with Gasteiger partial charge in [-0.2, -0.15) is 5.90 Å². The predicted molar refractivity (Wildman–Crippen MR) is 51.2 cm³/mol. The first-order valence-electron chi connectivity index (χ1n) is 5.05. The molecule has 0 aliphatic carbocycles. The number of rotatable bonds is 12. The molecule has 0 aliphatic rings. The second kappa shape index (κ2) is 13.7. The van der Waals surface area contributed by atoms with Gasteiger partial charge in [0.25, 0.3) is 0 Å². The van der Waals surface area contributed by atoms with Gasteiger partial charge in [-0.05, 0) is 22.9 Å². The van der Waals surface area contributed by atoms with Crippen LogP contribution in [0.15, 0.2) is 0 Å². The molecule has 0 unspecified atom stereocenters. The summed E-state index contributed by atoms with van der Waals surface area (Å²) in [5.74, 6) is 9.39. The third-order valence-electron chi connectivity index (χ3n) is 1.86. The molecule has 15 heavy (non-hydrogen) atoms. The Balaban J connectivity index is 2.81. The molecule has 92 valence electrons. The van der Waals surface area contributed by atoms with Crippen molar-refractivity contribution >= 4 is 0 Å². The maximum atomic E-state index is 4.89. The van der Waals surface area contributed by atoms with Gasteiger partial charge < -0.3 is 4.84 Å². The summed E-state index contributed by atoms with van der Waals surface area (Å²) in [6.07, 6.45) is 6.46. The normalized spacial score (nSPS) is 10.8. The molecule has 4 N–H and O–H groups in total. The molecule has 0 saturated heterocycles. The average molecular weight is 224 g/mol. The smallest absolute Gasteiger partial charge is 0.0855 e. The lowest BCUT2D eigenvalue weighted by molar-refractivity contribution is -0.636. The number of unbranched alkanes of at least 4 members (excludes halogenated alkanes) is 5. The lowest BCUT2D eigenvalue weighted by Crippen LogP contribution is -2.03. The fourth-order valence-corrected chi connectivity index (χ4v) is 1.12. The largest absolute Gasteiger partial charge is 0.305 e. The Morgan fingerprint density at radius 2 is 1.27 bits per heavy atom. The van der Waals surface area contributed by atoms with Crippen LogP contribution in [-0.4, -0.2) is 13.2 Å². The van der Waals surface area contributed by atoms with Crippen LogP contribution in [0.2, 0.25) is 0 Å². The molecule has 0 aromatic rings. The van der Waals surface area contributed by atoms with E-state index in [-0.39, 0.29) is 0 Å². The highest BCUT2D eigenvalue weighted by molar-refractivity contribution is 4.44. The Bertz CT molecular complexity index is 105. The van der Waals surface area contributed by atoms with Gasteiger partial charge in [-0.25, -0.2) is 10.8 Å². The predicted octanol–water partition coefficient (Wildman–Crippen LogP) is 0.902. The zero-order chi connectivity index (χ0) is 11.2. The Morgan fingerprint density at radius 3 is 1.87 bits per heavy atom. The van der Waals surface area contributed by atoms with Crippen molar-refractivity contribution in [1.29, 1.82) is 0 Å². The van der Waals surface area contributed by atoms with E-state index in [1.165, 1.54) is 6.42 Å². The van der Waals surface area contributed by atoms with E-state index in [4.69, 9.17) is 5.90 Å². The summed E-state index contributed by atoms with van der Waals surface area (Å²) in [6.45, 7) is 1.09. The first-order valence-corrected chi connectivity index (χ1v) is 5.05. The molecule has 0 amide bonds. The van der Waals surface area contributed by atoms with E-state index in [9.17, 15) is 0 Å². The zero-order valence-electron chi connectivity index (χ0n) is 8.85. The summed E-state index contributed by atoms with van der Waals surface area (Å²) in [5, 5.41) is 7.90. The number of hydrogen-bond acceptors (Lipinski definition) is 7. The van der Waals surface area contributed by atoms with E-state index in [1.807, 2.05) is 0 Å². The summed E-state index contributed by atoms with van der Waals surface area (Å²) in [5.41, 5.74) is 0. The van der Waals surface area contributed by atoms with Gasteiger partial charge in [0.2, 0.25) is 0 Å². The SMILES string of the molecule is NOCCCCCCCCOOOON. The van der Waals surface area contributed by atoms with Crippen molar-refractivity contribution in [2.45, 2.75) is 38.5 Å². The topological polar surface area (TPSA) is 98.2 Å². The Kier molecular flexibility index (Phi) is 13.5. The molecule has 0 aliphatic heterocycles. The summed E-state index contributed by atoms with van der Waals surface area (Å²) >= 11 is 0. The van der Waals surface area contributed by atoms with Crippen LogP contribution in [0, 0.1) is 0 Å². The van der Waals surface area contributed by atoms with Crippen molar-refractivity contribution in [2.75, 3.05) is 13.2 Å². The summed E-state index contributed by atoms with van der Waals surface area (Å²) in [4.78, 5) is 12.7. The van der Waals surface area contributed by atoms with E-state index in [0.29, 0.717) is 13.2 Å². The van der Waals surface area contributed by atoms with E-state index in [2.05, 4.69) is 30.7 Å². The molecule has 0 heterocycles. The molecule has 0 atom stereocenters. The molecule has 0 aromatic heterocycles. The molecule has 0 radical (unpaired) electrons. The summed E-state index contributed by atoms with van der Waals surface area (Å²) in [7, 11) is 0. The Hall–Kier alpha value is -0.280. The van der Waals surface area contributed by atoms with Crippen molar-refractivity contribution in [2.24, 2.45) is 11.8 Å². The van der Waals surface area contributed by atoms with Gasteiger partial charge in [0, 0.05) is 0 Å². The van der Waals surface area contributed by atoms with Gasteiger partial charge >= 0.3 is 0 Å². The molecule has 0 saturated carbocycles. The highest BCUT2D eigenvalue weighted by Gasteiger charge is 1.93. The molecule has 7 nitrogen and oxygen atoms in total. The van der Waals surface area contributed by atoms with Gasteiger partial charge in [-0.1, -0.05) is 25.7 Å². The minimum atomic E-state index is 0.454. The van der Waals surface area contributed by atoms with Crippen LogP contribution < -0.4 is 11.8 Å². The molecule has 7 heteroatoms.